The lowest BCUT2D eigenvalue weighted by molar-refractivity contribution is 0.0724. The molecule has 0 saturated carbocycles. The first-order chi connectivity index (χ1) is 29.8. The Hall–Kier alpha value is -5.14. The van der Waals surface area contributed by atoms with Gasteiger partial charge < -0.3 is 30.1 Å². The summed E-state index contributed by atoms with van der Waals surface area (Å²) in [6.45, 7) is 16.8. The van der Waals surface area contributed by atoms with Gasteiger partial charge in [0.05, 0.1) is 63.0 Å². The molecule has 0 atom stereocenters. The van der Waals surface area contributed by atoms with Gasteiger partial charge in [0.25, 0.3) is 0 Å². The van der Waals surface area contributed by atoms with Gasteiger partial charge in [-0.15, -0.1) is 11.3 Å². The van der Waals surface area contributed by atoms with Gasteiger partial charge >= 0.3 is 0 Å². The van der Waals surface area contributed by atoms with Gasteiger partial charge in [-0.25, -0.2) is 29.9 Å². The molecule has 2 saturated heterocycles. The van der Waals surface area contributed by atoms with Crippen LogP contribution in [0, 0.1) is 20.8 Å². The number of aryl methyl sites for hydroxylation is 3. The zero-order chi connectivity index (χ0) is 42.1. The van der Waals surface area contributed by atoms with Gasteiger partial charge in [-0.1, -0.05) is 11.3 Å². The Balaban J connectivity index is 1.01. The summed E-state index contributed by atoms with van der Waals surface area (Å²) in [5.41, 5.74) is 7.54. The van der Waals surface area contributed by atoms with E-state index in [0.29, 0.717) is 25.1 Å². The van der Waals surface area contributed by atoms with Crippen LogP contribution >= 0.6 is 22.7 Å². The van der Waals surface area contributed by atoms with Crippen LogP contribution in [0.4, 0.5) is 39.8 Å². The van der Waals surface area contributed by atoms with Crippen LogP contribution in [0.2, 0.25) is 0 Å². The van der Waals surface area contributed by atoms with E-state index in [4.69, 9.17) is 29.8 Å². The summed E-state index contributed by atoms with van der Waals surface area (Å²) >= 11 is 3.17. The predicted octanol–water partition coefficient (Wildman–Crippen LogP) is 6.29. The third kappa shape index (κ3) is 10.5. The highest BCUT2D eigenvalue weighted by Crippen LogP contribution is 2.41. The van der Waals surface area contributed by atoms with Crippen LogP contribution in [0.1, 0.15) is 22.8 Å². The van der Waals surface area contributed by atoms with Crippen molar-refractivity contribution in [3.8, 4) is 21.1 Å². The molecule has 15 nitrogen and oxygen atoms in total. The van der Waals surface area contributed by atoms with Gasteiger partial charge in [-0.2, -0.15) is 0 Å². The number of hydrogen-bond donors (Lipinski definition) is 3. The average Bonchev–Trinajstić information content (AvgIpc) is 3.85. The number of aromatic nitrogens is 6. The fourth-order valence-electron chi connectivity index (χ4n) is 7.74. The minimum Gasteiger partial charge on any atom is -0.396 e. The summed E-state index contributed by atoms with van der Waals surface area (Å²) in [4.78, 5) is 42.8. The lowest BCUT2D eigenvalue weighted by Crippen LogP contribution is -2.47. The highest BCUT2D eigenvalue weighted by molar-refractivity contribution is 7.19. The molecular weight excluding hydrogens is 809 g/mol. The number of benzene rings is 2. The zero-order valence-corrected chi connectivity index (χ0v) is 36.7. The quantitative estimate of drug-likeness (QED) is 0.0880. The van der Waals surface area contributed by atoms with E-state index in [0.717, 1.165) is 132 Å². The lowest BCUT2D eigenvalue weighted by Gasteiger charge is -2.36. The monoisotopic (exact) mass is 862 g/mol. The van der Waals surface area contributed by atoms with Crippen molar-refractivity contribution in [1.29, 1.82) is 0 Å². The Morgan fingerprint density at radius 1 is 0.639 bits per heavy atom. The van der Waals surface area contributed by atoms with Crippen LogP contribution in [0.15, 0.2) is 73.1 Å². The summed E-state index contributed by atoms with van der Waals surface area (Å²) in [7, 11) is 0. The Labute approximate surface area is 365 Å². The molecule has 2 aliphatic heterocycles. The maximum absolute atomic E-state index is 9.19. The van der Waals surface area contributed by atoms with E-state index in [1.807, 2.05) is 37.8 Å². The van der Waals surface area contributed by atoms with Crippen LogP contribution in [0.3, 0.4) is 0 Å². The molecule has 2 aliphatic rings. The van der Waals surface area contributed by atoms with Crippen molar-refractivity contribution in [2.75, 3.05) is 112 Å². The number of hydrogen-bond acceptors (Lipinski definition) is 17. The number of aliphatic hydroxyl groups excluding tert-OH is 2. The summed E-state index contributed by atoms with van der Waals surface area (Å²) in [5.74, 6) is 1.02. The molecule has 0 radical (unpaired) electrons. The maximum Gasteiger partial charge on any atom is 0.237 e. The average molecular weight is 863 g/mol. The van der Waals surface area contributed by atoms with Gasteiger partial charge in [0.15, 0.2) is 5.13 Å². The number of anilines is 7. The molecule has 0 aliphatic carbocycles. The van der Waals surface area contributed by atoms with Crippen LogP contribution in [-0.4, -0.2) is 142 Å². The first kappa shape index (κ1) is 42.5. The highest BCUT2D eigenvalue weighted by Gasteiger charge is 2.25. The van der Waals surface area contributed by atoms with E-state index in [-0.39, 0.29) is 13.2 Å². The summed E-state index contributed by atoms with van der Waals surface area (Å²) in [5, 5.41) is 23.3. The second kappa shape index (κ2) is 20.2. The third-order valence-electron chi connectivity index (χ3n) is 11.0. The molecule has 6 heterocycles. The molecule has 0 spiro atoms. The standard InChI is InChI=1S/C44H54N12O3S2/c1-31-40(60-33(3)47-31)39-14-16-46-43(51-39)56(37-11-9-36(10-12-37)55-24-20-53(21-25-55)26-29-59-30-28-58)44-48-32(2)41(61-44)38-13-15-45-42(50-38)49-34-5-7-35(8-6-34)54-22-18-52(19-23-54)17-4-27-57/h5-16,57-58H,4,17-30H2,1-3H3,(H,45,49,50). The number of thiazole rings is 2. The van der Waals surface area contributed by atoms with Gasteiger partial charge in [-0.3, -0.25) is 14.7 Å². The van der Waals surface area contributed by atoms with E-state index < -0.39 is 0 Å². The second-order valence-electron chi connectivity index (χ2n) is 15.2. The van der Waals surface area contributed by atoms with E-state index in [9.17, 15) is 5.11 Å². The van der Waals surface area contributed by atoms with Crippen LogP contribution in [0.25, 0.3) is 21.1 Å². The first-order valence-corrected chi connectivity index (χ1v) is 22.6. The smallest absolute Gasteiger partial charge is 0.237 e. The number of ether oxygens (including phenoxy) is 1. The Kier molecular flexibility index (Phi) is 14.1. The predicted molar refractivity (Wildman–Crippen MR) is 245 cm³/mol. The van der Waals surface area contributed by atoms with Crippen LogP contribution < -0.4 is 20.0 Å². The molecular formula is C44H54N12O3S2. The number of nitrogens with zero attached hydrogens (tertiary/aromatic N) is 11. The molecule has 0 unspecified atom stereocenters. The molecule has 320 valence electrons. The fourth-order valence-corrected chi connectivity index (χ4v) is 9.68. The van der Waals surface area contributed by atoms with Crippen molar-refractivity contribution >= 4 is 62.5 Å². The van der Waals surface area contributed by atoms with Crippen molar-refractivity contribution in [2.24, 2.45) is 0 Å². The second-order valence-corrected chi connectivity index (χ2v) is 17.3. The van der Waals surface area contributed by atoms with E-state index >= 15 is 0 Å². The number of rotatable bonds is 17. The van der Waals surface area contributed by atoms with E-state index in [1.54, 1.807) is 35.1 Å². The number of aliphatic hydroxyl groups is 2. The summed E-state index contributed by atoms with van der Waals surface area (Å²) in [6.07, 6.45) is 4.41. The van der Waals surface area contributed by atoms with Crippen molar-refractivity contribution in [2.45, 2.75) is 27.2 Å². The molecule has 0 amide bonds. The minimum absolute atomic E-state index is 0.0539. The molecule has 3 N–H and O–H groups in total. The Morgan fingerprint density at radius 2 is 1.25 bits per heavy atom. The molecule has 2 fully saturated rings. The fraction of sp³-hybridized carbons (Fsp3) is 0.409. The van der Waals surface area contributed by atoms with Crippen LogP contribution in [0.5, 0.6) is 0 Å². The van der Waals surface area contributed by atoms with Crippen LogP contribution in [-0.2, 0) is 4.74 Å². The zero-order valence-electron chi connectivity index (χ0n) is 35.1. The molecule has 8 rings (SSSR count). The summed E-state index contributed by atoms with van der Waals surface area (Å²) < 4.78 is 5.49. The third-order valence-corrected chi connectivity index (χ3v) is 13.2. The molecule has 61 heavy (non-hydrogen) atoms. The highest BCUT2D eigenvalue weighted by atomic mass is 32.1. The normalized spacial score (nSPS) is 15.1. The van der Waals surface area contributed by atoms with Crippen molar-refractivity contribution < 1.29 is 14.9 Å². The Bertz CT molecular complexity index is 2330. The van der Waals surface area contributed by atoms with Crippen molar-refractivity contribution in [3.63, 3.8) is 0 Å². The number of nitrogens with one attached hydrogen (secondary N) is 1. The molecule has 4 aromatic heterocycles. The minimum atomic E-state index is 0.0539. The molecule has 2 aromatic carbocycles. The van der Waals surface area contributed by atoms with E-state index in [2.05, 4.69) is 83.4 Å². The first-order valence-electron chi connectivity index (χ1n) is 20.9. The van der Waals surface area contributed by atoms with Gasteiger partial charge in [0.2, 0.25) is 11.9 Å². The van der Waals surface area contributed by atoms with Crippen molar-refractivity contribution in [1.82, 2.24) is 39.7 Å². The SMILES string of the molecule is Cc1nc(C)c(-c2ccnc(N(c3ccc(N4CCN(CCOCCO)CC4)cc3)c3nc(C)c(-c4ccnc(Nc5ccc(N6CCN(CCCO)CC6)cc5)n4)s3)n2)s1. The maximum atomic E-state index is 9.19. The summed E-state index contributed by atoms with van der Waals surface area (Å²) in [6, 6.07) is 20.9. The van der Waals surface area contributed by atoms with Gasteiger partial charge in [0, 0.05) is 102 Å². The van der Waals surface area contributed by atoms with E-state index in [1.165, 1.54) is 5.69 Å². The van der Waals surface area contributed by atoms with Crippen molar-refractivity contribution in [3.05, 3.63) is 89.5 Å². The Morgan fingerprint density at radius 3 is 1.89 bits per heavy atom. The topological polar surface area (TPSA) is 155 Å². The van der Waals surface area contributed by atoms with Gasteiger partial charge in [-0.05, 0) is 87.9 Å². The molecule has 17 heteroatoms. The largest absolute Gasteiger partial charge is 0.396 e. The molecule has 6 aromatic rings. The lowest BCUT2D eigenvalue weighted by atomic mass is 10.2. The molecule has 0 bridgehead atoms. The van der Waals surface area contributed by atoms with Gasteiger partial charge in [0.1, 0.15) is 0 Å². The number of piperazine rings is 2.